The largest absolute Gasteiger partial charge is 0.497 e. The zero-order chi connectivity index (χ0) is 16.7. The average Bonchev–Trinajstić information content (AvgIpc) is 2.57. The SMILES string of the molecule is CCOC(=O)/C(=C\Nc1ccc(Br)cc1)c1ccc(OC)cc1. The van der Waals surface area contributed by atoms with E-state index in [1.807, 2.05) is 48.5 Å². The lowest BCUT2D eigenvalue weighted by atomic mass is 10.1. The van der Waals surface area contributed by atoms with Crippen LogP contribution in [0.25, 0.3) is 5.57 Å². The molecule has 0 unspecified atom stereocenters. The van der Waals surface area contributed by atoms with E-state index in [1.165, 1.54) is 0 Å². The number of rotatable bonds is 6. The smallest absolute Gasteiger partial charge is 0.340 e. The Hall–Kier alpha value is -2.27. The Kier molecular flexibility index (Phi) is 6.23. The van der Waals surface area contributed by atoms with E-state index in [0.29, 0.717) is 12.2 Å². The summed E-state index contributed by atoms with van der Waals surface area (Å²) in [4.78, 5) is 12.2. The molecule has 0 spiro atoms. The van der Waals surface area contributed by atoms with Gasteiger partial charge in [0.1, 0.15) is 5.75 Å². The van der Waals surface area contributed by atoms with E-state index >= 15 is 0 Å². The molecule has 4 nitrogen and oxygen atoms in total. The van der Waals surface area contributed by atoms with Crippen molar-refractivity contribution >= 4 is 33.2 Å². The van der Waals surface area contributed by atoms with Crippen molar-refractivity contribution in [1.29, 1.82) is 0 Å². The molecule has 0 fully saturated rings. The molecule has 0 aliphatic heterocycles. The van der Waals surface area contributed by atoms with E-state index in [1.54, 1.807) is 20.2 Å². The van der Waals surface area contributed by atoms with Crippen LogP contribution in [0.4, 0.5) is 5.69 Å². The summed E-state index contributed by atoms with van der Waals surface area (Å²) >= 11 is 3.39. The van der Waals surface area contributed by atoms with Gasteiger partial charge >= 0.3 is 5.97 Å². The molecule has 0 radical (unpaired) electrons. The molecule has 1 N–H and O–H groups in total. The molecule has 23 heavy (non-hydrogen) atoms. The number of methoxy groups -OCH3 is 1. The van der Waals surface area contributed by atoms with Crippen LogP contribution in [0.2, 0.25) is 0 Å². The third kappa shape index (κ3) is 4.86. The predicted octanol–water partition coefficient (Wildman–Crippen LogP) is 4.47. The van der Waals surface area contributed by atoms with Crippen molar-refractivity contribution in [3.63, 3.8) is 0 Å². The first kappa shape index (κ1) is 17.1. The minimum atomic E-state index is -0.373. The highest BCUT2D eigenvalue weighted by atomic mass is 79.9. The van der Waals surface area contributed by atoms with Crippen LogP contribution in [-0.2, 0) is 9.53 Å². The lowest BCUT2D eigenvalue weighted by Gasteiger charge is -2.09. The second-order valence-corrected chi connectivity index (χ2v) is 5.57. The van der Waals surface area contributed by atoms with E-state index in [2.05, 4.69) is 21.2 Å². The Bertz CT molecular complexity index is 678. The first-order valence-electron chi connectivity index (χ1n) is 7.18. The molecule has 2 aromatic rings. The van der Waals surface area contributed by atoms with Crippen molar-refractivity contribution < 1.29 is 14.3 Å². The maximum Gasteiger partial charge on any atom is 0.340 e. The number of halogens is 1. The zero-order valence-electron chi connectivity index (χ0n) is 13.0. The van der Waals surface area contributed by atoms with Crippen molar-refractivity contribution in [3.05, 3.63) is 64.8 Å². The normalized spacial score (nSPS) is 11.0. The fraction of sp³-hybridized carbons (Fsp3) is 0.167. The summed E-state index contributed by atoms with van der Waals surface area (Å²) in [7, 11) is 1.60. The van der Waals surface area contributed by atoms with E-state index < -0.39 is 0 Å². The van der Waals surface area contributed by atoms with Gasteiger partial charge in [-0.15, -0.1) is 0 Å². The molecular weight excluding hydrogens is 358 g/mol. The lowest BCUT2D eigenvalue weighted by molar-refractivity contribution is -0.136. The first-order valence-corrected chi connectivity index (χ1v) is 7.97. The fourth-order valence-corrected chi connectivity index (χ4v) is 2.21. The first-order chi connectivity index (χ1) is 11.1. The lowest BCUT2D eigenvalue weighted by Crippen LogP contribution is -2.08. The van der Waals surface area contributed by atoms with E-state index in [-0.39, 0.29) is 5.97 Å². The molecule has 0 aliphatic carbocycles. The van der Waals surface area contributed by atoms with E-state index in [0.717, 1.165) is 21.5 Å². The topological polar surface area (TPSA) is 47.6 Å². The number of carbonyl (C=O) groups excluding carboxylic acids is 1. The molecule has 2 rings (SSSR count). The molecule has 120 valence electrons. The highest BCUT2D eigenvalue weighted by molar-refractivity contribution is 9.10. The number of anilines is 1. The third-order valence-electron chi connectivity index (χ3n) is 3.12. The van der Waals surface area contributed by atoms with Gasteiger partial charge in [-0.1, -0.05) is 28.1 Å². The van der Waals surface area contributed by atoms with Crippen LogP contribution >= 0.6 is 15.9 Å². The Balaban J connectivity index is 2.26. The van der Waals surface area contributed by atoms with Gasteiger partial charge < -0.3 is 14.8 Å². The van der Waals surface area contributed by atoms with Gasteiger partial charge in [0, 0.05) is 16.4 Å². The van der Waals surface area contributed by atoms with Crippen molar-refractivity contribution in [2.75, 3.05) is 19.0 Å². The molecule has 5 heteroatoms. The summed E-state index contributed by atoms with van der Waals surface area (Å²) in [5.74, 6) is 0.361. The summed E-state index contributed by atoms with van der Waals surface area (Å²) in [6, 6.07) is 14.9. The summed E-state index contributed by atoms with van der Waals surface area (Å²) < 4.78 is 11.3. The quantitative estimate of drug-likeness (QED) is 0.597. The van der Waals surface area contributed by atoms with Crippen LogP contribution in [0.5, 0.6) is 5.75 Å². The summed E-state index contributed by atoms with van der Waals surface area (Å²) in [6.07, 6.45) is 1.66. The van der Waals surface area contributed by atoms with Crippen LogP contribution in [0, 0.1) is 0 Å². The number of benzene rings is 2. The summed E-state index contributed by atoms with van der Waals surface area (Å²) in [5, 5.41) is 3.12. The fourth-order valence-electron chi connectivity index (χ4n) is 1.94. The van der Waals surface area contributed by atoms with Gasteiger partial charge in [-0.25, -0.2) is 4.79 Å². The monoisotopic (exact) mass is 375 g/mol. The number of carbonyl (C=O) groups is 1. The number of esters is 1. The van der Waals surface area contributed by atoms with Gasteiger partial charge in [0.15, 0.2) is 0 Å². The molecule has 2 aromatic carbocycles. The van der Waals surface area contributed by atoms with E-state index in [9.17, 15) is 4.79 Å². The third-order valence-corrected chi connectivity index (χ3v) is 3.65. The minimum absolute atomic E-state index is 0.324. The standard InChI is InChI=1S/C18H18BrNO3/c1-3-23-18(21)17(13-4-10-16(22-2)11-5-13)12-20-15-8-6-14(19)7-9-15/h4-12,20H,3H2,1-2H3/b17-12-. The van der Waals surface area contributed by atoms with Crippen LogP contribution in [0.1, 0.15) is 12.5 Å². The summed E-state index contributed by atoms with van der Waals surface area (Å²) in [5.41, 5.74) is 2.09. The Morgan fingerprint density at radius 3 is 2.35 bits per heavy atom. The maximum atomic E-state index is 12.2. The Morgan fingerprint density at radius 1 is 1.13 bits per heavy atom. The molecule has 0 aliphatic rings. The molecule has 0 bridgehead atoms. The molecule has 0 atom stereocenters. The molecule has 0 aromatic heterocycles. The van der Waals surface area contributed by atoms with Gasteiger partial charge in [-0.3, -0.25) is 0 Å². The highest BCUT2D eigenvalue weighted by Gasteiger charge is 2.13. The van der Waals surface area contributed by atoms with Crippen LogP contribution < -0.4 is 10.1 Å². The zero-order valence-corrected chi connectivity index (χ0v) is 14.6. The van der Waals surface area contributed by atoms with Crippen molar-refractivity contribution in [1.82, 2.24) is 0 Å². The van der Waals surface area contributed by atoms with Crippen molar-refractivity contribution in [2.24, 2.45) is 0 Å². The van der Waals surface area contributed by atoms with Gasteiger partial charge in [0.25, 0.3) is 0 Å². The molecular formula is C18H18BrNO3. The van der Waals surface area contributed by atoms with Crippen molar-refractivity contribution in [2.45, 2.75) is 6.92 Å². The van der Waals surface area contributed by atoms with Crippen molar-refractivity contribution in [3.8, 4) is 5.75 Å². The number of hydrogen-bond donors (Lipinski definition) is 1. The molecule has 0 saturated carbocycles. The van der Waals surface area contributed by atoms with E-state index in [4.69, 9.17) is 9.47 Å². The van der Waals surface area contributed by atoms with Crippen LogP contribution in [-0.4, -0.2) is 19.7 Å². The number of ether oxygens (including phenoxy) is 2. The predicted molar refractivity (Wildman–Crippen MR) is 95.4 cm³/mol. The van der Waals surface area contributed by atoms with Crippen LogP contribution in [0.3, 0.4) is 0 Å². The number of nitrogens with one attached hydrogen (secondary N) is 1. The van der Waals surface area contributed by atoms with Crippen LogP contribution in [0.15, 0.2) is 59.2 Å². The molecule has 0 saturated heterocycles. The minimum Gasteiger partial charge on any atom is -0.497 e. The van der Waals surface area contributed by atoms with Gasteiger partial charge in [-0.05, 0) is 48.9 Å². The van der Waals surface area contributed by atoms with Gasteiger partial charge in [0.2, 0.25) is 0 Å². The highest BCUT2D eigenvalue weighted by Crippen LogP contribution is 2.21. The average molecular weight is 376 g/mol. The number of hydrogen-bond acceptors (Lipinski definition) is 4. The van der Waals surface area contributed by atoms with Gasteiger partial charge in [-0.2, -0.15) is 0 Å². The van der Waals surface area contributed by atoms with Gasteiger partial charge in [0.05, 0.1) is 19.3 Å². The molecule has 0 heterocycles. The molecule has 0 amide bonds. The second kappa shape index (κ2) is 8.39. The maximum absolute atomic E-state index is 12.2. The second-order valence-electron chi connectivity index (χ2n) is 4.66. The summed E-state index contributed by atoms with van der Waals surface area (Å²) in [6.45, 7) is 2.11. The Morgan fingerprint density at radius 2 is 1.78 bits per heavy atom. The Labute approximate surface area is 144 Å².